The lowest BCUT2D eigenvalue weighted by Gasteiger charge is -2.30. The minimum absolute atomic E-state index is 0.0784. The van der Waals surface area contributed by atoms with E-state index < -0.39 is 66.0 Å². The van der Waals surface area contributed by atoms with E-state index in [-0.39, 0.29) is 34.3 Å². The number of alkyl halides is 3. The van der Waals surface area contributed by atoms with Crippen LogP contribution in [0.1, 0.15) is 47.4 Å². The average molecular weight is 880 g/mol. The maximum absolute atomic E-state index is 16.0. The number of hydrogen-bond donors (Lipinski definition) is 0. The molecule has 67 heavy (non-hydrogen) atoms. The Balaban J connectivity index is 1.12. The van der Waals surface area contributed by atoms with Crippen LogP contribution >= 0.6 is 0 Å². The molecule has 0 spiro atoms. The Hall–Kier alpha value is -8.21. The highest BCUT2D eigenvalue weighted by atomic mass is 19.4. The average Bonchev–Trinajstić information content (AvgIpc) is 3.58. The lowest BCUT2D eigenvalue weighted by molar-refractivity contribution is -0.138. The molecule has 0 aliphatic rings. The summed E-state index contributed by atoms with van der Waals surface area (Å²) in [4.78, 5) is 2.17. The van der Waals surface area contributed by atoms with Crippen LogP contribution in [0.15, 0.2) is 230 Å². The van der Waals surface area contributed by atoms with Gasteiger partial charge in [0.1, 0.15) is 0 Å². The number of benzene rings is 12. The molecule has 0 aromatic heterocycles. The molecule has 0 radical (unpaired) electrons. The predicted octanol–water partition coefficient (Wildman–Crippen LogP) is 18.2. The molecule has 12 aromatic rings. The summed E-state index contributed by atoms with van der Waals surface area (Å²) in [5.41, 5.74) is 3.35. The lowest BCUT2D eigenvalue weighted by Crippen LogP contribution is -2.15. The van der Waals surface area contributed by atoms with Gasteiger partial charge in [-0.3, -0.25) is 0 Å². The lowest BCUT2D eigenvalue weighted by atomic mass is 9.77. The van der Waals surface area contributed by atoms with E-state index in [4.69, 9.17) is 13.7 Å². The fraction of sp³-hybridized carbons (Fsp3) is 0.0476. The predicted molar refractivity (Wildman–Crippen MR) is 274 cm³/mol. The van der Waals surface area contributed by atoms with E-state index in [0.29, 0.717) is 16.7 Å². The van der Waals surface area contributed by atoms with Crippen LogP contribution in [0.4, 0.5) is 30.2 Å². The second-order valence-corrected chi connectivity index (χ2v) is 16.8. The highest BCUT2D eigenvalue weighted by Gasteiger charge is 2.37. The highest BCUT2D eigenvalue weighted by molar-refractivity contribution is 6.26. The van der Waals surface area contributed by atoms with E-state index in [1.165, 1.54) is 12.1 Å². The van der Waals surface area contributed by atoms with Crippen molar-refractivity contribution in [3.63, 3.8) is 0 Å². The molecule has 1 nitrogen and oxygen atoms in total. The van der Waals surface area contributed by atoms with E-state index >= 15 is 13.2 Å². The fourth-order valence-electron chi connectivity index (χ4n) is 10.1. The van der Waals surface area contributed by atoms with E-state index in [9.17, 15) is 0 Å². The first-order valence-electron chi connectivity index (χ1n) is 26.9. The molecular formula is C63H42F3N. The van der Waals surface area contributed by atoms with Crippen LogP contribution in [-0.2, 0) is 6.18 Å². The summed E-state index contributed by atoms with van der Waals surface area (Å²) in [7, 11) is 0. The van der Waals surface area contributed by atoms with Crippen molar-refractivity contribution in [3.8, 4) is 22.3 Å². The van der Waals surface area contributed by atoms with Gasteiger partial charge in [0.25, 0.3) is 0 Å². The largest absolute Gasteiger partial charge is 0.416 e. The normalized spacial score (nSPS) is 14.5. The minimum Gasteiger partial charge on any atom is -0.309 e. The molecule has 0 N–H and O–H groups in total. The van der Waals surface area contributed by atoms with Crippen molar-refractivity contribution in [1.82, 2.24) is 0 Å². The van der Waals surface area contributed by atoms with Crippen molar-refractivity contribution in [3.05, 3.63) is 258 Å². The number of aryl methyl sites for hydroxylation is 1. The van der Waals surface area contributed by atoms with Gasteiger partial charge in [-0.25, -0.2) is 0 Å². The zero-order chi connectivity index (χ0) is 53.9. The second-order valence-electron chi connectivity index (χ2n) is 16.8. The number of hydrogen-bond acceptors (Lipinski definition) is 1. The maximum Gasteiger partial charge on any atom is 0.416 e. The van der Waals surface area contributed by atoms with Gasteiger partial charge in [0.15, 0.2) is 0 Å². The summed E-state index contributed by atoms with van der Waals surface area (Å²) in [6.45, 7) is 1.92. The molecular weight excluding hydrogens is 828 g/mol. The molecule has 4 heteroatoms. The first kappa shape index (κ1) is 30.8. The van der Waals surface area contributed by atoms with Crippen LogP contribution in [0.5, 0.6) is 0 Å². The highest BCUT2D eigenvalue weighted by Crippen LogP contribution is 2.50. The molecule has 0 heterocycles. The van der Waals surface area contributed by atoms with Crippen LogP contribution in [0, 0.1) is 6.92 Å². The van der Waals surface area contributed by atoms with Crippen molar-refractivity contribution < 1.29 is 26.9 Å². The molecule has 0 saturated heterocycles. The van der Waals surface area contributed by atoms with Gasteiger partial charge >= 0.3 is 6.18 Å². The molecule has 0 amide bonds. The first-order chi connectivity index (χ1) is 36.9. The zero-order valence-electron chi connectivity index (χ0n) is 45.8. The van der Waals surface area contributed by atoms with E-state index in [2.05, 4.69) is 23.1 Å². The van der Waals surface area contributed by atoms with E-state index in [1.54, 1.807) is 6.07 Å². The van der Waals surface area contributed by atoms with Crippen molar-refractivity contribution in [2.45, 2.75) is 19.0 Å². The van der Waals surface area contributed by atoms with Crippen LogP contribution in [0.2, 0.25) is 0 Å². The van der Waals surface area contributed by atoms with Crippen molar-refractivity contribution in [2.24, 2.45) is 0 Å². The molecule has 1 unspecified atom stereocenters. The number of anilines is 3. The van der Waals surface area contributed by atoms with Gasteiger partial charge in [0.05, 0.1) is 30.6 Å². The van der Waals surface area contributed by atoms with E-state index in [1.807, 2.05) is 134 Å². The molecule has 12 rings (SSSR count). The Kier molecular flexibility index (Phi) is 7.38. The molecule has 0 aliphatic heterocycles. The molecule has 0 fully saturated rings. The van der Waals surface area contributed by atoms with Gasteiger partial charge in [-0.15, -0.1) is 0 Å². The first-order valence-corrected chi connectivity index (χ1v) is 21.9. The van der Waals surface area contributed by atoms with Crippen molar-refractivity contribution in [1.29, 1.82) is 0 Å². The zero-order valence-corrected chi connectivity index (χ0v) is 35.8. The maximum atomic E-state index is 16.0. The number of halogens is 3. The number of rotatable bonds is 8. The second kappa shape index (κ2) is 16.0. The Bertz CT molecular complexity index is 4370. The van der Waals surface area contributed by atoms with Gasteiger partial charge in [-0.1, -0.05) is 200 Å². The van der Waals surface area contributed by atoms with Gasteiger partial charge in [-0.2, -0.15) is 13.2 Å². The van der Waals surface area contributed by atoms with Crippen LogP contribution < -0.4 is 4.90 Å². The SMILES string of the molecule is [2H]c1c([2H])c([2H])c(-c2ccc(N(c3cccc4ccccc34)c3ccc4ccc5c(C(c6ccc(-c7c([2H])c([2H])c([2H])c([2H])c7[2H])cc6C(F)(F)F)c6cccc7ccccc67)ccc6ccc3c4c65)c(C)c2)c([2H])c1[2H]. The van der Waals surface area contributed by atoms with Crippen molar-refractivity contribution >= 4 is 70.9 Å². The third kappa shape index (κ3) is 6.87. The van der Waals surface area contributed by atoms with Gasteiger partial charge in [0, 0.05) is 22.4 Å². The quantitative estimate of drug-likeness (QED) is 0.109. The Labute approximate surface area is 401 Å². The molecule has 0 aliphatic carbocycles. The third-order valence-corrected chi connectivity index (χ3v) is 13.1. The molecule has 12 aromatic carbocycles. The molecule has 320 valence electrons. The summed E-state index contributed by atoms with van der Waals surface area (Å²) < 4.78 is 133. The Morgan fingerprint density at radius 2 is 0.910 bits per heavy atom. The summed E-state index contributed by atoms with van der Waals surface area (Å²) >= 11 is 0. The Morgan fingerprint density at radius 3 is 1.61 bits per heavy atom. The van der Waals surface area contributed by atoms with Crippen LogP contribution in [0.25, 0.3) is 76.1 Å². The molecule has 0 bridgehead atoms. The van der Waals surface area contributed by atoms with Crippen molar-refractivity contribution in [2.75, 3.05) is 4.90 Å². The monoisotopic (exact) mass is 879 g/mol. The number of nitrogens with zero attached hydrogens (tertiary/aromatic N) is 1. The molecule has 0 saturated carbocycles. The fourth-order valence-corrected chi connectivity index (χ4v) is 10.1. The topological polar surface area (TPSA) is 3.24 Å². The summed E-state index contributed by atoms with van der Waals surface area (Å²) in [5.74, 6) is -1.03. The van der Waals surface area contributed by atoms with Gasteiger partial charge < -0.3 is 4.90 Å². The van der Waals surface area contributed by atoms with E-state index in [0.717, 1.165) is 82.6 Å². The minimum atomic E-state index is -4.95. The van der Waals surface area contributed by atoms with Crippen LogP contribution in [0.3, 0.4) is 0 Å². The smallest absolute Gasteiger partial charge is 0.309 e. The standard InChI is InChI=1S/C63H42F3N/c1-40-38-47(41-14-4-2-5-15-41)31-36-57(40)67(58-25-13-21-44-19-9-11-23-50(44)58)59-37-30-46-26-32-52-53(33-27-45-28-35-55(59)61(46)60(45)52)62(51-24-12-20-43-18-8-10-22-49(43)51)54-34-29-48(39-56(54)63(64,65)66)42-16-6-3-7-17-42/h2-39,62H,1H3/i2D,3D,4D,5D,6D,7D,14D,15D,16D,17D. The van der Waals surface area contributed by atoms with Gasteiger partial charge in [-0.05, 0) is 125 Å². The van der Waals surface area contributed by atoms with Gasteiger partial charge in [0.2, 0.25) is 0 Å². The third-order valence-electron chi connectivity index (χ3n) is 13.1. The number of fused-ring (bicyclic) bond motifs is 2. The van der Waals surface area contributed by atoms with Crippen LogP contribution in [-0.4, -0.2) is 0 Å². The summed E-state index contributed by atoms with van der Waals surface area (Å²) in [6, 6.07) is 47.4. The molecule has 1 atom stereocenters. The Morgan fingerprint density at radius 1 is 0.403 bits per heavy atom. The summed E-state index contributed by atoms with van der Waals surface area (Å²) in [6.07, 6.45) is -4.95. The summed E-state index contributed by atoms with van der Waals surface area (Å²) in [5, 5.41) is 8.54.